The van der Waals surface area contributed by atoms with E-state index in [2.05, 4.69) is 21.2 Å². The lowest BCUT2D eigenvalue weighted by atomic mass is 9.99. The highest BCUT2D eigenvalue weighted by molar-refractivity contribution is 9.09. The molecule has 1 aromatic carbocycles. The molecule has 1 aliphatic carbocycles. The molecule has 0 radical (unpaired) electrons. The highest BCUT2D eigenvalue weighted by Gasteiger charge is 2.34. The predicted octanol–water partition coefficient (Wildman–Crippen LogP) is 3.57. The zero-order valence-corrected chi connectivity index (χ0v) is 12.0. The van der Waals surface area contributed by atoms with E-state index in [0.29, 0.717) is 0 Å². The number of carbonyl (C=O) groups excluding carboxylic acids is 1. The summed E-state index contributed by atoms with van der Waals surface area (Å²) < 4.78 is 13.7. The number of benzene rings is 1. The van der Waals surface area contributed by atoms with E-state index >= 15 is 0 Å². The van der Waals surface area contributed by atoms with E-state index in [0.717, 1.165) is 36.6 Å². The molecule has 1 fully saturated rings. The van der Waals surface area contributed by atoms with E-state index in [1.807, 2.05) is 6.92 Å². The number of halogens is 2. The Morgan fingerprint density at radius 1 is 1.44 bits per heavy atom. The maximum atomic E-state index is 13.7. The monoisotopic (exact) mass is 313 g/mol. The lowest BCUT2D eigenvalue weighted by Crippen LogP contribution is -2.48. The normalized spacial score (nSPS) is 17.7. The van der Waals surface area contributed by atoms with Gasteiger partial charge in [-0.2, -0.15) is 0 Å². The maximum Gasteiger partial charge on any atom is 0.254 e. The Morgan fingerprint density at radius 2 is 2.11 bits per heavy atom. The fourth-order valence-electron chi connectivity index (χ4n) is 2.47. The zero-order valence-electron chi connectivity index (χ0n) is 10.4. The molecule has 1 aromatic rings. The molecule has 2 nitrogen and oxygen atoms in total. The van der Waals surface area contributed by atoms with Gasteiger partial charge in [0.2, 0.25) is 0 Å². The van der Waals surface area contributed by atoms with Crippen LogP contribution in [-0.2, 0) is 0 Å². The van der Waals surface area contributed by atoms with E-state index in [1.54, 1.807) is 12.1 Å². The third kappa shape index (κ3) is 2.74. The van der Waals surface area contributed by atoms with Gasteiger partial charge in [-0.15, -0.1) is 0 Å². The molecule has 2 rings (SSSR count). The van der Waals surface area contributed by atoms with Crippen LogP contribution in [0.2, 0.25) is 0 Å². The van der Waals surface area contributed by atoms with Crippen molar-refractivity contribution < 1.29 is 9.18 Å². The molecular formula is C14H17BrFNO. The summed E-state index contributed by atoms with van der Waals surface area (Å²) in [6.07, 6.45) is 4.14. The van der Waals surface area contributed by atoms with E-state index in [1.165, 1.54) is 6.07 Å². The molecule has 0 aliphatic heterocycles. The van der Waals surface area contributed by atoms with Crippen LogP contribution in [0.4, 0.5) is 4.39 Å². The zero-order chi connectivity index (χ0) is 13.2. The minimum absolute atomic E-state index is 0.141. The van der Waals surface area contributed by atoms with E-state index in [9.17, 15) is 9.18 Å². The summed E-state index contributed by atoms with van der Waals surface area (Å²) >= 11 is 3.46. The lowest BCUT2D eigenvalue weighted by Gasteiger charge is -2.28. The summed E-state index contributed by atoms with van der Waals surface area (Å²) in [5, 5.41) is 3.72. The van der Waals surface area contributed by atoms with Crippen LogP contribution in [0, 0.1) is 12.7 Å². The number of alkyl halides is 1. The van der Waals surface area contributed by atoms with Gasteiger partial charge < -0.3 is 5.32 Å². The molecule has 0 aromatic heterocycles. The first kappa shape index (κ1) is 13.5. The van der Waals surface area contributed by atoms with Crippen molar-refractivity contribution in [1.82, 2.24) is 5.32 Å². The van der Waals surface area contributed by atoms with Gasteiger partial charge in [0.1, 0.15) is 5.82 Å². The van der Waals surface area contributed by atoms with E-state index in [-0.39, 0.29) is 17.0 Å². The second-order valence-electron chi connectivity index (χ2n) is 5.06. The second-order valence-corrected chi connectivity index (χ2v) is 5.62. The van der Waals surface area contributed by atoms with Crippen molar-refractivity contribution in [3.63, 3.8) is 0 Å². The maximum absolute atomic E-state index is 13.7. The summed E-state index contributed by atoms with van der Waals surface area (Å²) in [7, 11) is 0. The van der Waals surface area contributed by atoms with Crippen molar-refractivity contribution in [2.75, 3.05) is 5.33 Å². The second kappa shape index (κ2) is 5.39. The van der Waals surface area contributed by atoms with E-state index < -0.39 is 5.82 Å². The fraction of sp³-hybridized carbons (Fsp3) is 0.500. The topological polar surface area (TPSA) is 29.1 Å². The largest absolute Gasteiger partial charge is 0.346 e. The number of hydrogen-bond acceptors (Lipinski definition) is 1. The molecule has 1 saturated carbocycles. The SMILES string of the molecule is Cc1ccc(F)c(C(=O)NC2(CBr)CCCC2)c1. The van der Waals surface area contributed by atoms with Gasteiger partial charge in [-0.05, 0) is 31.9 Å². The van der Waals surface area contributed by atoms with Gasteiger partial charge in [0, 0.05) is 5.33 Å². The van der Waals surface area contributed by atoms with Crippen LogP contribution in [0.1, 0.15) is 41.6 Å². The summed E-state index contributed by atoms with van der Waals surface area (Å²) in [6, 6.07) is 4.61. The minimum atomic E-state index is -0.458. The number of carbonyl (C=O) groups is 1. The van der Waals surface area contributed by atoms with Crippen molar-refractivity contribution >= 4 is 21.8 Å². The minimum Gasteiger partial charge on any atom is -0.346 e. The van der Waals surface area contributed by atoms with Gasteiger partial charge in [0.15, 0.2) is 0 Å². The summed E-state index contributed by atoms with van der Waals surface area (Å²) in [5.41, 5.74) is 0.830. The Bertz CT molecular complexity index is 455. The molecule has 18 heavy (non-hydrogen) atoms. The highest BCUT2D eigenvalue weighted by atomic mass is 79.9. The van der Waals surface area contributed by atoms with Crippen molar-refractivity contribution in [2.24, 2.45) is 0 Å². The first-order chi connectivity index (χ1) is 8.56. The highest BCUT2D eigenvalue weighted by Crippen LogP contribution is 2.31. The molecule has 1 amide bonds. The molecule has 0 heterocycles. The number of hydrogen-bond donors (Lipinski definition) is 1. The standard InChI is InChI=1S/C14H17BrFNO/c1-10-4-5-12(16)11(8-10)13(18)17-14(9-15)6-2-3-7-14/h4-5,8H,2-3,6-7,9H2,1H3,(H,17,18). The van der Waals surface area contributed by atoms with Gasteiger partial charge in [0.25, 0.3) is 5.91 Å². The van der Waals surface area contributed by atoms with Crippen LogP contribution < -0.4 is 5.32 Å². The lowest BCUT2D eigenvalue weighted by molar-refractivity contribution is 0.0906. The number of aryl methyl sites for hydroxylation is 1. The quantitative estimate of drug-likeness (QED) is 0.849. The van der Waals surface area contributed by atoms with Crippen molar-refractivity contribution in [3.05, 3.63) is 35.1 Å². The Labute approximate surface area is 115 Å². The Kier molecular flexibility index (Phi) is 4.05. The van der Waals surface area contributed by atoms with Gasteiger partial charge in [-0.1, -0.05) is 40.4 Å². The van der Waals surface area contributed by atoms with Crippen LogP contribution in [0.15, 0.2) is 18.2 Å². The smallest absolute Gasteiger partial charge is 0.254 e. The van der Waals surface area contributed by atoms with Crippen LogP contribution in [0.25, 0.3) is 0 Å². The molecule has 4 heteroatoms. The third-order valence-corrected chi connectivity index (χ3v) is 4.64. The summed E-state index contributed by atoms with van der Waals surface area (Å²) in [6.45, 7) is 1.85. The molecule has 1 aliphatic rings. The Hall–Kier alpha value is -0.900. The van der Waals surface area contributed by atoms with Crippen LogP contribution >= 0.6 is 15.9 Å². The van der Waals surface area contributed by atoms with Crippen LogP contribution in [0.3, 0.4) is 0 Å². The Morgan fingerprint density at radius 3 is 2.72 bits per heavy atom. The first-order valence-electron chi connectivity index (χ1n) is 6.21. The average Bonchev–Trinajstić information content (AvgIpc) is 2.81. The molecule has 0 unspecified atom stereocenters. The summed E-state index contributed by atoms with van der Waals surface area (Å²) in [5.74, 6) is -0.765. The molecule has 1 N–H and O–H groups in total. The predicted molar refractivity (Wildman–Crippen MR) is 73.6 cm³/mol. The van der Waals surface area contributed by atoms with Gasteiger partial charge in [0.05, 0.1) is 11.1 Å². The molecule has 0 atom stereocenters. The van der Waals surface area contributed by atoms with Gasteiger partial charge in [-0.3, -0.25) is 4.79 Å². The van der Waals surface area contributed by atoms with Crippen molar-refractivity contribution in [3.8, 4) is 0 Å². The average molecular weight is 314 g/mol. The Balaban J connectivity index is 2.18. The van der Waals surface area contributed by atoms with Crippen LogP contribution in [0.5, 0.6) is 0 Å². The van der Waals surface area contributed by atoms with Crippen molar-refractivity contribution in [2.45, 2.75) is 38.1 Å². The number of nitrogens with one attached hydrogen (secondary N) is 1. The molecule has 98 valence electrons. The molecule has 0 spiro atoms. The van der Waals surface area contributed by atoms with Crippen LogP contribution in [-0.4, -0.2) is 16.8 Å². The van der Waals surface area contributed by atoms with Crippen molar-refractivity contribution in [1.29, 1.82) is 0 Å². The number of rotatable bonds is 3. The molecule has 0 saturated heterocycles. The fourth-order valence-corrected chi connectivity index (χ4v) is 3.17. The summed E-state index contributed by atoms with van der Waals surface area (Å²) in [4.78, 5) is 12.2. The van der Waals surface area contributed by atoms with Gasteiger partial charge >= 0.3 is 0 Å². The molecule has 0 bridgehead atoms. The van der Waals surface area contributed by atoms with Gasteiger partial charge in [-0.25, -0.2) is 4.39 Å². The molecular weight excluding hydrogens is 297 g/mol. The van der Waals surface area contributed by atoms with E-state index in [4.69, 9.17) is 0 Å². The number of amides is 1. The first-order valence-corrected chi connectivity index (χ1v) is 7.33. The third-order valence-electron chi connectivity index (χ3n) is 3.56.